The molecule has 4 heterocycles. The molecule has 5 rings (SSSR count). The Bertz CT molecular complexity index is 1370. The van der Waals surface area contributed by atoms with Gasteiger partial charge in [-0.05, 0) is 35.9 Å². The van der Waals surface area contributed by atoms with E-state index in [-0.39, 0.29) is 0 Å². The van der Waals surface area contributed by atoms with Gasteiger partial charge in [0.2, 0.25) is 11.5 Å². The van der Waals surface area contributed by atoms with E-state index in [9.17, 15) is 0 Å². The van der Waals surface area contributed by atoms with E-state index in [4.69, 9.17) is 9.47 Å². The zero-order valence-corrected chi connectivity index (χ0v) is 17.3. The second kappa shape index (κ2) is 8.90. The summed E-state index contributed by atoms with van der Waals surface area (Å²) in [5.74, 6) is 0.996. The number of anilines is 2. The molecule has 5 aromatic rings. The van der Waals surface area contributed by atoms with Crippen LogP contribution in [0.2, 0.25) is 0 Å². The van der Waals surface area contributed by atoms with E-state index in [2.05, 4.69) is 41.6 Å². The van der Waals surface area contributed by atoms with E-state index >= 15 is 0 Å². The van der Waals surface area contributed by atoms with Gasteiger partial charge in [0.05, 0.1) is 24.9 Å². The molecule has 160 valence electrons. The highest BCUT2D eigenvalue weighted by atomic mass is 16.5. The van der Waals surface area contributed by atoms with Crippen molar-refractivity contribution in [3.63, 3.8) is 0 Å². The molecule has 0 fully saturated rings. The molecule has 10 heteroatoms. The van der Waals surface area contributed by atoms with Crippen LogP contribution in [0, 0.1) is 0 Å². The number of nitrogens with zero attached hydrogens (tertiary/aromatic N) is 7. The maximum atomic E-state index is 5.68. The standard InChI is InChI=1S/C22H20N8O2/c1-31-10-11-32-22-18(5-3-9-24-22)26-19-13-25-20-21(27-19)30(29-28-20)14-15-6-7-17-16(12-15)4-2-8-23-17/h2-9,12-13H,10-11,14H2,1H3,(H,26,27). The summed E-state index contributed by atoms with van der Waals surface area (Å²) in [5, 5.41) is 12.7. The van der Waals surface area contributed by atoms with Crippen molar-refractivity contribution < 1.29 is 9.47 Å². The number of rotatable bonds is 8. The van der Waals surface area contributed by atoms with E-state index in [1.807, 2.05) is 36.4 Å². The molecule has 1 aromatic carbocycles. The van der Waals surface area contributed by atoms with Crippen molar-refractivity contribution in [2.45, 2.75) is 6.54 Å². The SMILES string of the molecule is COCCOc1ncccc1Nc1cnc2nnn(Cc3ccc4ncccc4c3)c2n1. The normalized spacial score (nSPS) is 11.2. The Kier molecular flexibility index (Phi) is 5.50. The van der Waals surface area contributed by atoms with Gasteiger partial charge in [0.25, 0.3) is 0 Å². The summed E-state index contributed by atoms with van der Waals surface area (Å²) in [5.41, 5.74) is 3.75. The Morgan fingerprint density at radius 1 is 1.00 bits per heavy atom. The van der Waals surface area contributed by atoms with Crippen molar-refractivity contribution in [1.29, 1.82) is 0 Å². The van der Waals surface area contributed by atoms with Crippen molar-refractivity contribution in [3.05, 3.63) is 66.6 Å². The van der Waals surface area contributed by atoms with Gasteiger partial charge in [-0.1, -0.05) is 17.3 Å². The molecule has 10 nitrogen and oxygen atoms in total. The van der Waals surface area contributed by atoms with Crippen LogP contribution in [0.5, 0.6) is 5.88 Å². The van der Waals surface area contributed by atoms with Gasteiger partial charge < -0.3 is 14.8 Å². The monoisotopic (exact) mass is 428 g/mol. The lowest BCUT2D eigenvalue weighted by atomic mass is 10.1. The fourth-order valence-corrected chi connectivity index (χ4v) is 3.28. The maximum absolute atomic E-state index is 5.68. The Morgan fingerprint density at radius 3 is 2.84 bits per heavy atom. The minimum Gasteiger partial charge on any atom is -0.474 e. The van der Waals surface area contributed by atoms with Gasteiger partial charge in [0.1, 0.15) is 12.3 Å². The lowest BCUT2D eigenvalue weighted by molar-refractivity contribution is 0.144. The largest absolute Gasteiger partial charge is 0.474 e. The molecule has 0 aliphatic heterocycles. The number of methoxy groups -OCH3 is 1. The van der Waals surface area contributed by atoms with Crippen LogP contribution in [0.15, 0.2) is 61.1 Å². The predicted octanol–water partition coefficient (Wildman–Crippen LogP) is 2.98. The summed E-state index contributed by atoms with van der Waals surface area (Å²) in [6.45, 7) is 1.38. The third kappa shape index (κ3) is 4.16. The van der Waals surface area contributed by atoms with Gasteiger partial charge in [-0.2, -0.15) is 0 Å². The first kappa shape index (κ1) is 19.8. The number of aromatic nitrogens is 7. The van der Waals surface area contributed by atoms with Crippen LogP contribution >= 0.6 is 0 Å². The minimum atomic E-state index is 0.394. The van der Waals surface area contributed by atoms with E-state index in [1.54, 1.807) is 30.4 Å². The molecule has 0 unspecified atom stereocenters. The Balaban J connectivity index is 1.40. The molecule has 0 spiro atoms. The first-order chi connectivity index (χ1) is 15.8. The van der Waals surface area contributed by atoms with Gasteiger partial charge in [-0.15, -0.1) is 5.10 Å². The van der Waals surface area contributed by atoms with Gasteiger partial charge >= 0.3 is 0 Å². The molecule has 0 aliphatic carbocycles. The summed E-state index contributed by atoms with van der Waals surface area (Å²) in [6, 6.07) is 13.7. The van der Waals surface area contributed by atoms with E-state index in [0.29, 0.717) is 48.4 Å². The van der Waals surface area contributed by atoms with Crippen molar-refractivity contribution in [2.24, 2.45) is 0 Å². The zero-order chi connectivity index (χ0) is 21.8. The third-order valence-corrected chi connectivity index (χ3v) is 4.79. The summed E-state index contributed by atoms with van der Waals surface area (Å²) in [4.78, 5) is 17.7. The van der Waals surface area contributed by atoms with Crippen LogP contribution < -0.4 is 10.1 Å². The number of hydrogen-bond acceptors (Lipinski definition) is 9. The number of hydrogen-bond donors (Lipinski definition) is 1. The van der Waals surface area contributed by atoms with Crippen LogP contribution in [0.3, 0.4) is 0 Å². The van der Waals surface area contributed by atoms with Gasteiger partial charge in [0, 0.05) is 24.9 Å². The van der Waals surface area contributed by atoms with Crippen molar-refractivity contribution in [2.75, 3.05) is 25.6 Å². The van der Waals surface area contributed by atoms with Crippen molar-refractivity contribution in [3.8, 4) is 5.88 Å². The molecule has 0 atom stereocenters. The molecule has 0 saturated heterocycles. The highest BCUT2D eigenvalue weighted by molar-refractivity contribution is 5.79. The Labute approximate surface area is 183 Å². The topological polar surface area (TPSA) is 113 Å². The number of nitrogens with one attached hydrogen (secondary N) is 1. The van der Waals surface area contributed by atoms with Crippen LogP contribution in [0.1, 0.15) is 5.56 Å². The van der Waals surface area contributed by atoms with E-state index in [1.165, 1.54) is 0 Å². The Morgan fingerprint density at radius 2 is 1.91 bits per heavy atom. The minimum absolute atomic E-state index is 0.394. The number of benzene rings is 1. The molecule has 32 heavy (non-hydrogen) atoms. The molecule has 4 aromatic heterocycles. The number of fused-ring (bicyclic) bond motifs is 2. The van der Waals surface area contributed by atoms with E-state index < -0.39 is 0 Å². The summed E-state index contributed by atoms with van der Waals surface area (Å²) in [7, 11) is 1.62. The summed E-state index contributed by atoms with van der Waals surface area (Å²) < 4.78 is 12.4. The van der Waals surface area contributed by atoms with Gasteiger partial charge in [-0.3, -0.25) is 4.98 Å². The lowest BCUT2D eigenvalue weighted by Gasteiger charge is -2.11. The fraction of sp³-hybridized carbons (Fsp3) is 0.182. The van der Waals surface area contributed by atoms with Gasteiger partial charge in [0.15, 0.2) is 11.5 Å². The molecule has 0 radical (unpaired) electrons. The highest BCUT2D eigenvalue weighted by Crippen LogP contribution is 2.24. The molecule has 0 aliphatic rings. The molecule has 0 bridgehead atoms. The zero-order valence-electron chi connectivity index (χ0n) is 17.3. The summed E-state index contributed by atoms with van der Waals surface area (Å²) >= 11 is 0. The van der Waals surface area contributed by atoms with Crippen LogP contribution in [0.4, 0.5) is 11.5 Å². The van der Waals surface area contributed by atoms with Gasteiger partial charge in [-0.25, -0.2) is 19.6 Å². The number of pyridine rings is 2. The second-order valence-electron chi connectivity index (χ2n) is 7.00. The predicted molar refractivity (Wildman–Crippen MR) is 119 cm³/mol. The maximum Gasteiger partial charge on any atom is 0.237 e. The highest BCUT2D eigenvalue weighted by Gasteiger charge is 2.12. The molecular weight excluding hydrogens is 408 g/mol. The van der Waals surface area contributed by atoms with E-state index in [0.717, 1.165) is 16.5 Å². The average molecular weight is 428 g/mol. The molecule has 1 N–H and O–H groups in total. The lowest BCUT2D eigenvalue weighted by Crippen LogP contribution is -2.08. The quantitative estimate of drug-likeness (QED) is 0.373. The second-order valence-corrected chi connectivity index (χ2v) is 7.00. The summed E-state index contributed by atoms with van der Waals surface area (Å²) in [6.07, 6.45) is 5.06. The first-order valence-electron chi connectivity index (χ1n) is 10.0. The molecule has 0 amide bonds. The van der Waals surface area contributed by atoms with Crippen molar-refractivity contribution in [1.82, 2.24) is 34.9 Å². The first-order valence-corrected chi connectivity index (χ1v) is 10.0. The van der Waals surface area contributed by atoms with Crippen LogP contribution in [0.25, 0.3) is 22.2 Å². The van der Waals surface area contributed by atoms with Crippen LogP contribution in [-0.4, -0.2) is 55.3 Å². The Hall–Kier alpha value is -4.18. The molecule has 0 saturated carbocycles. The third-order valence-electron chi connectivity index (χ3n) is 4.79. The number of ether oxygens (including phenoxy) is 2. The smallest absolute Gasteiger partial charge is 0.237 e. The average Bonchev–Trinajstić information content (AvgIpc) is 3.22. The van der Waals surface area contributed by atoms with Crippen molar-refractivity contribution >= 4 is 33.7 Å². The van der Waals surface area contributed by atoms with Crippen LogP contribution in [-0.2, 0) is 11.3 Å². The molecular formula is C22H20N8O2. The fourth-order valence-electron chi connectivity index (χ4n) is 3.28.